The highest BCUT2D eigenvalue weighted by molar-refractivity contribution is 7.07. The molecule has 4 aromatic rings. The third-order valence-corrected chi connectivity index (χ3v) is 7.78. The fourth-order valence-electron chi connectivity index (χ4n) is 4.76. The smallest absolute Gasteiger partial charge is 0.338 e. The van der Waals surface area contributed by atoms with Gasteiger partial charge in [0, 0.05) is 10.6 Å². The van der Waals surface area contributed by atoms with Gasteiger partial charge >= 0.3 is 5.97 Å². The molecule has 3 aromatic carbocycles. The Hall–Kier alpha value is -4.14. The number of carbonyl (C=O) groups excluding carboxylic acids is 1. The first-order chi connectivity index (χ1) is 20.2. The van der Waals surface area contributed by atoms with Gasteiger partial charge in [0.1, 0.15) is 24.1 Å². The summed E-state index contributed by atoms with van der Waals surface area (Å²) < 4.78 is 19.5. The minimum Gasteiger partial charge on any atom is -0.491 e. The highest BCUT2D eigenvalue weighted by atomic mass is 35.5. The van der Waals surface area contributed by atoms with Crippen LogP contribution in [-0.2, 0) is 16.1 Å². The van der Waals surface area contributed by atoms with Gasteiger partial charge in [-0.3, -0.25) is 9.36 Å². The number of carbonyl (C=O) groups is 1. The van der Waals surface area contributed by atoms with Gasteiger partial charge in [-0.2, -0.15) is 0 Å². The van der Waals surface area contributed by atoms with E-state index in [1.807, 2.05) is 92.7 Å². The lowest BCUT2D eigenvalue weighted by Crippen LogP contribution is -2.40. The molecule has 1 aromatic heterocycles. The van der Waals surface area contributed by atoms with Crippen molar-refractivity contribution >= 4 is 35.0 Å². The topological polar surface area (TPSA) is 79.1 Å². The first kappa shape index (κ1) is 29.4. The van der Waals surface area contributed by atoms with Crippen LogP contribution < -0.4 is 24.4 Å². The number of thiazole rings is 1. The first-order valence-electron chi connectivity index (χ1n) is 13.7. The molecule has 0 N–H and O–H groups in total. The first-order valence-corrected chi connectivity index (χ1v) is 14.9. The summed E-state index contributed by atoms with van der Waals surface area (Å²) in [5, 5.41) is 0.663. The Bertz CT molecular complexity index is 1820. The molecule has 1 aliphatic rings. The lowest BCUT2D eigenvalue weighted by molar-refractivity contribution is -0.139. The van der Waals surface area contributed by atoms with E-state index >= 15 is 0 Å². The van der Waals surface area contributed by atoms with Gasteiger partial charge in [-0.15, -0.1) is 0 Å². The summed E-state index contributed by atoms with van der Waals surface area (Å²) in [5.41, 5.74) is 3.07. The average molecular weight is 603 g/mol. The minimum absolute atomic E-state index is 0.101. The van der Waals surface area contributed by atoms with Gasteiger partial charge < -0.3 is 14.2 Å². The number of benzene rings is 3. The maximum absolute atomic E-state index is 14.0. The molecular weight excluding hydrogens is 572 g/mol. The maximum Gasteiger partial charge on any atom is 0.338 e. The molecule has 216 valence electrons. The Morgan fingerprint density at radius 1 is 1.10 bits per heavy atom. The number of rotatable bonds is 9. The molecule has 9 heteroatoms. The zero-order valence-electron chi connectivity index (χ0n) is 23.8. The summed E-state index contributed by atoms with van der Waals surface area (Å²) in [7, 11) is 0. The molecule has 1 aliphatic heterocycles. The number of para-hydroxylation sites is 1. The van der Waals surface area contributed by atoms with Gasteiger partial charge in [-0.05, 0) is 75.2 Å². The van der Waals surface area contributed by atoms with Gasteiger partial charge in [-0.1, -0.05) is 65.4 Å². The van der Waals surface area contributed by atoms with E-state index in [9.17, 15) is 9.59 Å². The molecule has 5 rings (SSSR count). The number of hydrogen-bond donors (Lipinski definition) is 0. The summed E-state index contributed by atoms with van der Waals surface area (Å²) >= 11 is 7.34. The molecule has 0 spiro atoms. The lowest BCUT2D eigenvalue weighted by Gasteiger charge is -2.26. The average Bonchev–Trinajstić information content (AvgIpc) is 3.26. The summed E-state index contributed by atoms with van der Waals surface area (Å²) in [4.78, 5) is 32.3. The Balaban J connectivity index is 1.53. The van der Waals surface area contributed by atoms with Crippen molar-refractivity contribution in [3.05, 3.63) is 125 Å². The highest BCUT2D eigenvalue weighted by Gasteiger charge is 2.35. The Kier molecular flexibility index (Phi) is 8.94. The predicted molar refractivity (Wildman–Crippen MR) is 165 cm³/mol. The maximum atomic E-state index is 14.0. The summed E-state index contributed by atoms with van der Waals surface area (Å²) in [6.45, 7) is 7.98. The van der Waals surface area contributed by atoms with Crippen LogP contribution in [0.1, 0.15) is 50.4 Å². The molecule has 7 nitrogen and oxygen atoms in total. The van der Waals surface area contributed by atoms with Crippen molar-refractivity contribution in [2.75, 3.05) is 6.61 Å². The number of ether oxygens (including phenoxy) is 3. The number of fused-ring (bicyclic) bond motifs is 1. The van der Waals surface area contributed by atoms with Crippen LogP contribution in [-0.4, -0.2) is 23.2 Å². The van der Waals surface area contributed by atoms with E-state index in [2.05, 4.69) is 4.99 Å². The SMILES string of the molecule is CCOC(=O)C1=C(C)N=c2s/c(=C\c3ccc(OCc4cccc(Cl)c4)cc3)c(=O)n2[C@@H]1c1ccccc1OC(C)C. The largest absolute Gasteiger partial charge is 0.491 e. The molecule has 0 saturated heterocycles. The number of nitrogens with zero attached hydrogens (tertiary/aromatic N) is 2. The standard InChI is InChI=1S/C33H31ClN2O5S/c1-5-39-32(38)29-21(4)35-33-36(30(29)26-11-6-7-12-27(26)41-20(2)3)31(37)28(42-33)18-22-13-15-25(16-14-22)40-19-23-9-8-10-24(34)17-23/h6-18,20,30H,5,19H2,1-4H3/b28-18-/t30-/m1/s1. The quantitative estimate of drug-likeness (QED) is 0.226. The molecule has 0 amide bonds. The second-order valence-electron chi connectivity index (χ2n) is 9.99. The lowest BCUT2D eigenvalue weighted by atomic mass is 9.95. The Labute approximate surface area is 253 Å². The van der Waals surface area contributed by atoms with Crippen molar-refractivity contribution < 1.29 is 19.0 Å². The second-order valence-corrected chi connectivity index (χ2v) is 11.4. The Morgan fingerprint density at radius 3 is 2.57 bits per heavy atom. The monoisotopic (exact) mass is 602 g/mol. The van der Waals surface area contributed by atoms with Crippen molar-refractivity contribution in [3.8, 4) is 11.5 Å². The highest BCUT2D eigenvalue weighted by Crippen LogP contribution is 2.36. The molecule has 0 bridgehead atoms. The van der Waals surface area contributed by atoms with Gasteiger partial charge in [-0.25, -0.2) is 9.79 Å². The van der Waals surface area contributed by atoms with Gasteiger partial charge in [0.25, 0.3) is 5.56 Å². The van der Waals surface area contributed by atoms with Crippen LogP contribution in [0.15, 0.2) is 93.9 Å². The molecule has 0 saturated carbocycles. The summed E-state index contributed by atoms with van der Waals surface area (Å²) in [6.07, 6.45) is 1.72. The predicted octanol–water partition coefficient (Wildman–Crippen LogP) is 5.82. The number of hydrogen-bond acceptors (Lipinski definition) is 7. The van der Waals surface area contributed by atoms with E-state index in [0.29, 0.717) is 49.3 Å². The summed E-state index contributed by atoms with van der Waals surface area (Å²) in [6, 6.07) is 21.7. The van der Waals surface area contributed by atoms with Gasteiger partial charge in [0.05, 0.1) is 28.5 Å². The van der Waals surface area contributed by atoms with Crippen molar-refractivity contribution in [3.63, 3.8) is 0 Å². The second kappa shape index (κ2) is 12.8. The number of allylic oxidation sites excluding steroid dienone is 1. The van der Waals surface area contributed by atoms with Crippen LogP contribution in [0.4, 0.5) is 0 Å². The van der Waals surface area contributed by atoms with Crippen LogP contribution in [0.5, 0.6) is 11.5 Å². The van der Waals surface area contributed by atoms with Gasteiger partial charge in [0.15, 0.2) is 4.80 Å². The number of esters is 1. The number of halogens is 1. The molecular formula is C33H31ClN2O5S. The van der Waals surface area contributed by atoms with E-state index in [4.69, 9.17) is 25.8 Å². The molecule has 0 aliphatic carbocycles. The minimum atomic E-state index is -0.750. The van der Waals surface area contributed by atoms with Crippen LogP contribution in [0.3, 0.4) is 0 Å². The third-order valence-electron chi connectivity index (χ3n) is 6.57. The molecule has 1 atom stereocenters. The molecule has 0 unspecified atom stereocenters. The van der Waals surface area contributed by atoms with Crippen molar-refractivity contribution in [1.29, 1.82) is 0 Å². The van der Waals surface area contributed by atoms with Crippen molar-refractivity contribution in [2.24, 2.45) is 4.99 Å². The normalized spacial score (nSPS) is 14.9. The van der Waals surface area contributed by atoms with Crippen LogP contribution >= 0.6 is 22.9 Å². The van der Waals surface area contributed by atoms with Crippen LogP contribution in [0, 0.1) is 0 Å². The molecule has 42 heavy (non-hydrogen) atoms. The zero-order valence-corrected chi connectivity index (χ0v) is 25.4. The zero-order chi connectivity index (χ0) is 29.8. The summed E-state index contributed by atoms with van der Waals surface area (Å²) in [5.74, 6) is 0.785. The third kappa shape index (κ3) is 6.35. The van der Waals surface area contributed by atoms with E-state index in [1.165, 1.54) is 11.3 Å². The van der Waals surface area contributed by atoms with Crippen molar-refractivity contribution in [2.45, 2.75) is 46.4 Å². The van der Waals surface area contributed by atoms with E-state index in [0.717, 1.165) is 11.1 Å². The van der Waals surface area contributed by atoms with Crippen LogP contribution in [0.2, 0.25) is 5.02 Å². The fraction of sp³-hybridized carbons (Fsp3) is 0.242. The van der Waals surface area contributed by atoms with Crippen molar-refractivity contribution in [1.82, 2.24) is 4.57 Å². The van der Waals surface area contributed by atoms with E-state index in [1.54, 1.807) is 18.4 Å². The Morgan fingerprint density at radius 2 is 1.86 bits per heavy atom. The van der Waals surface area contributed by atoms with Crippen LogP contribution in [0.25, 0.3) is 6.08 Å². The van der Waals surface area contributed by atoms with E-state index < -0.39 is 12.0 Å². The fourth-order valence-corrected chi connectivity index (χ4v) is 6.02. The van der Waals surface area contributed by atoms with Gasteiger partial charge in [0.2, 0.25) is 0 Å². The molecule has 0 fully saturated rings. The van der Waals surface area contributed by atoms with E-state index in [-0.39, 0.29) is 18.3 Å². The number of aromatic nitrogens is 1. The molecule has 0 radical (unpaired) electrons. The molecule has 2 heterocycles.